The van der Waals surface area contributed by atoms with Crippen molar-refractivity contribution in [1.29, 1.82) is 0 Å². The number of halogens is 1. The number of fused-ring (bicyclic) bond motifs is 1. The van der Waals surface area contributed by atoms with Crippen molar-refractivity contribution in [2.45, 2.75) is 12.0 Å². The van der Waals surface area contributed by atoms with Gasteiger partial charge in [0.15, 0.2) is 5.56 Å². The Labute approximate surface area is 79.2 Å². The summed E-state index contributed by atoms with van der Waals surface area (Å²) in [5.74, 6) is 0.644. The van der Waals surface area contributed by atoms with E-state index in [0.717, 1.165) is 5.56 Å². The Hall–Kier alpha value is -1.29. The smallest absolute Gasteiger partial charge is 0.269 e. The van der Waals surface area contributed by atoms with Crippen LogP contribution in [0.3, 0.4) is 0 Å². The van der Waals surface area contributed by atoms with Crippen molar-refractivity contribution in [3.05, 3.63) is 33.9 Å². The molecule has 0 amide bonds. The summed E-state index contributed by atoms with van der Waals surface area (Å²) in [6.07, 6.45) is 0.526. The van der Waals surface area contributed by atoms with Crippen LogP contribution in [0.4, 0.5) is 5.69 Å². The molecule has 1 atom stereocenters. The third-order valence-electron chi connectivity index (χ3n) is 1.89. The second-order valence-electron chi connectivity index (χ2n) is 2.78. The molecule has 1 aromatic rings. The minimum absolute atomic E-state index is 0.0770. The first-order valence-corrected chi connectivity index (χ1v) is 4.18. The molecule has 1 aliphatic heterocycles. The highest BCUT2D eigenvalue weighted by atomic mass is 35.5. The summed E-state index contributed by atoms with van der Waals surface area (Å²) >= 11 is 5.72. The van der Waals surface area contributed by atoms with Crippen LogP contribution in [0.5, 0.6) is 5.75 Å². The fraction of sp³-hybridized carbons (Fsp3) is 0.250. The van der Waals surface area contributed by atoms with Crippen LogP contribution in [0, 0.1) is 10.1 Å². The first kappa shape index (κ1) is 8.31. The van der Waals surface area contributed by atoms with Crippen LogP contribution >= 0.6 is 11.6 Å². The van der Waals surface area contributed by atoms with E-state index in [9.17, 15) is 10.1 Å². The monoisotopic (exact) mass is 199 g/mol. The van der Waals surface area contributed by atoms with Gasteiger partial charge in [0.1, 0.15) is 5.75 Å². The molecule has 0 radical (unpaired) electrons. The number of nitro groups is 1. The quantitative estimate of drug-likeness (QED) is 0.395. The van der Waals surface area contributed by atoms with Gasteiger partial charge in [-0.1, -0.05) is 11.6 Å². The molecule has 1 unspecified atom stereocenters. The predicted octanol–water partition coefficient (Wildman–Crippen LogP) is 2.09. The Bertz CT molecular complexity index is 366. The molecule has 1 heterocycles. The SMILES string of the molecule is O=[N+]([O-])c1ccc2c(c1)CC(Cl)O2. The highest BCUT2D eigenvalue weighted by molar-refractivity contribution is 6.20. The number of benzene rings is 1. The molecule has 0 bridgehead atoms. The van der Waals surface area contributed by atoms with E-state index in [1.807, 2.05) is 0 Å². The molecular formula is C8H6ClNO3. The lowest BCUT2D eigenvalue weighted by Gasteiger charge is -1.99. The Morgan fingerprint density at radius 2 is 2.38 bits per heavy atom. The van der Waals surface area contributed by atoms with Gasteiger partial charge in [-0.3, -0.25) is 10.1 Å². The number of hydrogen-bond donors (Lipinski definition) is 0. The normalized spacial score (nSPS) is 19.3. The first-order chi connectivity index (χ1) is 6.16. The molecule has 68 valence electrons. The number of ether oxygens (including phenoxy) is 1. The highest BCUT2D eigenvalue weighted by Gasteiger charge is 2.22. The second-order valence-corrected chi connectivity index (χ2v) is 3.27. The van der Waals surface area contributed by atoms with Crippen molar-refractivity contribution in [3.8, 4) is 5.75 Å². The van der Waals surface area contributed by atoms with Gasteiger partial charge in [-0.15, -0.1) is 0 Å². The van der Waals surface area contributed by atoms with E-state index >= 15 is 0 Å². The molecule has 0 N–H and O–H groups in total. The van der Waals surface area contributed by atoms with Gasteiger partial charge < -0.3 is 4.74 Å². The van der Waals surface area contributed by atoms with Crippen LogP contribution in [-0.4, -0.2) is 10.5 Å². The molecule has 4 nitrogen and oxygen atoms in total. The van der Waals surface area contributed by atoms with E-state index in [1.54, 1.807) is 6.07 Å². The molecule has 0 fully saturated rings. The van der Waals surface area contributed by atoms with Gasteiger partial charge in [-0.05, 0) is 6.07 Å². The molecule has 0 spiro atoms. The molecule has 1 aliphatic rings. The van der Waals surface area contributed by atoms with Crippen LogP contribution in [0.15, 0.2) is 18.2 Å². The summed E-state index contributed by atoms with van der Waals surface area (Å²) in [5, 5.41) is 10.4. The lowest BCUT2D eigenvalue weighted by atomic mass is 10.1. The maximum absolute atomic E-state index is 10.4. The number of nitro benzene ring substituents is 1. The number of nitrogens with zero attached hydrogens (tertiary/aromatic N) is 1. The van der Waals surface area contributed by atoms with Gasteiger partial charge >= 0.3 is 0 Å². The zero-order chi connectivity index (χ0) is 9.42. The third-order valence-corrected chi connectivity index (χ3v) is 2.13. The Kier molecular flexibility index (Phi) is 1.84. The van der Waals surface area contributed by atoms with Crippen molar-refractivity contribution in [2.75, 3.05) is 0 Å². The summed E-state index contributed by atoms with van der Waals surface area (Å²) in [6.45, 7) is 0. The van der Waals surface area contributed by atoms with Crippen LogP contribution in [0.2, 0.25) is 0 Å². The summed E-state index contributed by atoms with van der Waals surface area (Å²) < 4.78 is 5.18. The topological polar surface area (TPSA) is 52.4 Å². The van der Waals surface area contributed by atoms with Gasteiger partial charge in [-0.25, -0.2) is 0 Å². The maximum Gasteiger partial charge on any atom is 0.269 e. The Balaban J connectivity index is 2.40. The summed E-state index contributed by atoms with van der Waals surface area (Å²) in [5.41, 5.74) is 0.485. The zero-order valence-electron chi connectivity index (χ0n) is 6.57. The van der Waals surface area contributed by atoms with Crippen LogP contribution in [-0.2, 0) is 6.42 Å². The van der Waals surface area contributed by atoms with Crippen LogP contribution < -0.4 is 4.74 Å². The molecule has 5 heteroatoms. The van der Waals surface area contributed by atoms with Crippen molar-refractivity contribution >= 4 is 17.3 Å². The molecule has 13 heavy (non-hydrogen) atoms. The minimum atomic E-state index is -0.429. The lowest BCUT2D eigenvalue weighted by Crippen LogP contribution is -2.01. The molecule has 0 saturated carbocycles. The molecular weight excluding hydrogens is 194 g/mol. The van der Waals surface area contributed by atoms with Crippen molar-refractivity contribution in [1.82, 2.24) is 0 Å². The van der Waals surface area contributed by atoms with E-state index in [1.165, 1.54) is 12.1 Å². The number of hydrogen-bond acceptors (Lipinski definition) is 3. The average molecular weight is 200 g/mol. The predicted molar refractivity (Wildman–Crippen MR) is 47.1 cm³/mol. The van der Waals surface area contributed by atoms with Gasteiger partial charge in [0.05, 0.1) is 4.92 Å². The van der Waals surface area contributed by atoms with E-state index in [0.29, 0.717) is 12.2 Å². The lowest BCUT2D eigenvalue weighted by molar-refractivity contribution is -0.384. The van der Waals surface area contributed by atoms with Gasteiger partial charge in [0, 0.05) is 24.1 Å². The Morgan fingerprint density at radius 1 is 1.62 bits per heavy atom. The number of rotatable bonds is 1. The van der Waals surface area contributed by atoms with Crippen LogP contribution in [0.1, 0.15) is 5.56 Å². The molecule has 0 saturated heterocycles. The summed E-state index contributed by atoms with van der Waals surface area (Å²) in [4.78, 5) is 9.99. The van der Waals surface area contributed by atoms with E-state index in [-0.39, 0.29) is 5.69 Å². The Morgan fingerprint density at radius 3 is 3.08 bits per heavy atom. The number of non-ortho nitro benzene ring substituents is 1. The standard InChI is InChI=1S/C8H6ClNO3/c9-8-4-5-3-6(10(11)12)1-2-7(5)13-8/h1-3,8H,4H2. The molecule has 1 aromatic carbocycles. The van der Waals surface area contributed by atoms with Gasteiger partial charge in [0.25, 0.3) is 5.69 Å². The van der Waals surface area contributed by atoms with Crippen LogP contribution in [0.25, 0.3) is 0 Å². The fourth-order valence-corrected chi connectivity index (χ4v) is 1.57. The van der Waals surface area contributed by atoms with Gasteiger partial charge in [-0.2, -0.15) is 0 Å². The second kappa shape index (κ2) is 2.88. The zero-order valence-corrected chi connectivity index (χ0v) is 7.32. The van der Waals surface area contributed by atoms with Gasteiger partial charge in [0.2, 0.25) is 0 Å². The fourth-order valence-electron chi connectivity index (χ4n) is 1.31. The van der Waals surface area contributed by atoms with Crippen molar-refractivity contribution < 1.29 is 9.66 Å². The molecule has 2 rings (SSSR count). The minimum Gasteiger partial charge on any atom is -0.474 e. The van der Waals surface area contributed by atoms with Crippen molar-refractivity contribution in [3.63, 3.8) is 0 Å². The highest BCUT2D eigenvalue weighted by Crippen LogP contribution is 2.32. The summed E-state index contributed by atoms with van der Waals surface area (Å²) in [6, 6.07) is 4.49. The molecule has 0 aromatic heterocycles. The maximum atomic E-state index is 10.4. The van der Waals surface area contributed by atoms with E-state index in [4.69, 9.17) is 16.3 Å². The third kappa shape index (κ3) is 1.45. The van der Waals surface area contributed by atoms with E-state index in [2.05, 4.69) is 0 Å². The van der Waals surface area contributed by atoms with E-state index < -0.39 is 10.5 Å². The first-order valence-electron chi connectivity index (χ1n) is 3.75. The number of alkyl halides is 1. The molecule has 0 aliphatic carbocycles. The largest absolute Gasteiger partial charge is 0.474 e. The summed E-state index contributed by atoms with van der Waals surface area (Å²) in [7, 11) is 0. The average Bonchev–Trinajstić information content (AvgIpc) is 2.42. The van der Waals surface area contributed by atoms with Crippen molar-refractivity contribution in [2.24, 2.45) is 0 Å².